The van der Waals surface area contributed by atoms with E-state index in [0.717, 1.165) is 44.4 Å². The lowest BCUT2D eigenvalue weighted by Gasteiger charge is -2.23. The Kier molecular flexibility index (Phi) is 2.84. The van der Waals surface area contributed by atoms with Crippen LogP contribution in [0.1, 0.15) is 24.1 Å². The molecule has 5 nitrogen and oxygen atoms in total. The minimum atomic E-state index is 0.881. The molecule has 1 fully saturated rings. The Morgan fingerprint density at radius 1 is 1.24 bits per heavy atom. The van der Waals surface area contributed by atoms with Gasteiger partial charge in [0.2, 0.25) is 5.95 Å². The van der Waals surface area contributed by atoms with E-state index in [2.05, 4.69) is 20.5 Å². The fourth-order valence-electron chi connectivity index (χ4n) is 2.60. The monoisotopic (exact) mass is 233 g/mol. The van der Waals surface area contributed by atoms with Gasteiger partial charge in [-0.15, -0.1) is 0 Å². The van der Waals surface area contributed by atoms with Crippen LogP contribution in [0.15, 0.2) is 0 Å². The van der Waals surface area contributed by atoms with Crippen LogP contribution in [0.3, 0.4) is 0 Å². The van der Waals surface area contributed by atoms with Gasteiger partial charge in [-0.1, -0.05) is 0 Å². The van der Waals surface area contributed by atoms with Gasteiger partial charge in [-0.2, -0.15) is 4.98 Å². The van der Waals surface area contributed by atoms with Crippen LogP contribution in [0.5, 0.6) is 0 Å². The summed E-state index contributed by atoms with van der Waals surface area (Å²) in [6.07, 6.45) is 3.53. The van der Waals surface area contributed by atoms with Gasteiger partial charge in [0.05, 0.1) is 5.69 Å². The molecule has 3 rings (SSSR count). The average molecular weight is 233 g/mol. The summed E-state index contributed by atoms with van der Waals surface area (Å²) in [5.74, 6) is 1.90. The van der Waals surface area contributed by atoms with Gasteiger partial charge in [-0.05, 0) is 12.8 Å². The Morgan fingerprint density at radius 2 is 2.06 bits per heavy atom. The third kappa shape index (κ3) is 1.95. The van der Waals surface area contributed by atoms with E-state index in [1.54, 1.807) is 0 Å². The normalized spacial score (nSPS) is 19.2. The zero-order chi connectivity index (χ0) is 11.7. The first-order chi connectivity index (χ1) is 8.38. The molecule has 0 saturated carbocycles. The van der Waals surface area contributed by atoms with Crippen molar-refractivity contribution in [3.05, 3.63) is 11.3 Å². The van der Waals surface area contributed by atoms with E-state index in [4.69, 9.17) is 4.98 Å². The second kappa shape index (κ2) is 4.49. The largest absolute Gasteiger partial charge is 0.373 e. The number of aromatic nitrogens is 2. The smallest absolute Gasteiger partial charge is 0.227 e. The standard InChI is InChI=1S/C12H19N5/c1-13-11-9-8-14-5-4-10(9)15-12(16-11)17-6-2-3-7-17/h14H,2-8H2,1H3,(H,13,15,16). The summed E-state index contributed by atoms with van der Waals surface area (Å²) < 4.78 is 0. The molecule has 0 aromatic carbocycles. The van der Waals surface area contributed by atoms with Crippen LogP contribution in [-0.4, -0.2) is 36.6 Å². The molecule has 1 aromatic heterocycles. The topological polar surface area (TPSA) is 53.1 Å². The molecule has 0 unspecified atom stereocenters. The molecular weight excluding hydrogens is 214 g/mol. The van der Waals surface area contributed by atoms with Crippen molar-refractivity contribution in [3.8, 4) is 0 Å². The molecule has 92 valence electrons. The van der Waals surface area contributed by atoms with Crippen molar-refractivity contribution >= 4 is 11.8 Å². The van der Waals surface area contributed by atoms with Crippen LogP contribution < -0.4 is 15.5 Å². The molecule has 2 aliphatic rings. The van der Waals surface area contributed by atoms with Crippen LogP contribution in [0.2, 0.25) is 0 Å². The van der Waals surface area contributed by atoms with Crippen LogP contribution in [0.25, 0.3) is 0 Å². The highest BCUT2D eigenvalue weighted by Gasteiger charge is 2.21. The highest BCUT2D eigenvalue weighted by molar-refractivity contribution is 5.52. The van der Waals surface area contributed by atoms with Gasteiger partial charge < -0.3 is 15.5 Å². The van der Waals surface area contributed by atoms with Gasteiger partial charge >= 0.3 is 0 Å². The zero-order valence-corrected chi connectivity index (χ0v) is 10.3. The van der Waals surface area contributed by atoms with Gasteiger partial charge in [0.15, 0.2) is 0 Å². The summed E-state index contributed by atoms with van der Waals surface area (Å²) >= 11 is 0. The third-order valence-corrected chi connectivity index (χ3v) is 3.55. The molecule has 0 aliphatic carbocycles. The molecule has 0 amide bonds. The van der Waals surface area contributed by atoms with Gasteiger partial charge in [0.25, 0.3) is 0 Å². The SMILES string of the molecule is CNc1nc(N2CCCC2)nc2c1CNCC2. The van der Waals surface area contributed by atoms with Crippen LogP contribution in [0.4, 0.5) is 11.8 Å². The molecule has 0 atom stereocenters. The minimum Gasteiger partial charge on any atom is -0.373 e. The predicted molar refractivity (Wildman–Crippen MR) is 68.4 cm³/mol. The molecule has 0 bridgehead atoms. The van der Waals surface area contributed by atoms with Gasteiger partial charge in [-0.3, -0.25) is 0 Å². The first kappa shape index (κ1) is 10.8. The van der Waals surface area contributed by atoms with Gasteiger partial charge in [0.1, 0.15) is 5.82 Å². The summed E-state index contributed by atoms with van der Waals surface area (Å²) in [5, 5.41) is 6.57. The van der Waals surface area contributed by atoms with Crippen molar-refractivity contribution in [3.63, 3.8) is 0 Å². The molecule has 0 radical (unpaired) electrons. The highest BCUT2D eigenvalue weighted by atomic mass is 15.3. The van der Waals surface area contributed by atoms with Crippen molar-refractivity contribution < 1.29 is 0 Å². The van der Waals surface area contributed by atoms with E-state index in [0.29, 0.717) is 0 Å². The number of hydrogen-bond acceptors (Lipinski definition) is 5. The Hall–Kier alpha value is -1.36. The van der Waals surface area contributed by atoms with Crippen molar-refractivity contribution in [2.75, 3.05) is 36.9 Å². The summed E-state index contributed by atoms with van der Waals surface area (Å²) in [4.78, 5) is 11.7. The minimum absolute atomic E-state index is 0.881. The number of rotatable bonds is 2. The fourth-order valence-corrected chi connectivity index (χ4v) is 2.60. The molecule has 2 N–H and O–H groups in total. The molecule has 3 heterocycles. The quantitative estimate of drug-likeness (QED) is 0.790. The summed E-state index contributed by atoms with van der Waals surface area (Å²) in [5.41, 5.74) is 2.45. The van der Waals surface area contributed by atoms with Crippen LogP contribution >= 0.6 is 0 Å². The fraction of sp³-hybridized carbons (Fsp3) is 0.667. The van der Waals surface area contributed by atoms with E-state index in [1.165, 1.54) is 24.1 Å². The Labute approximate surface area is 102 Å². The predicted octanol–water partition coefficient (Wildman–Crippen LogP) is 0.764. The molecule has 5 heteroatoms. The van der Waals surface area contributed by atoms with Gasteiger partial charge in [-0.25, -0.2) is 4.98 Å². The molecule has 1 saturated heterocycles. The summed E-state index contributed by atoms with van der Waals surface area (Å²) in [6, 6.07) is 0. The molecule has 2 aliphatic heterocycles. The first-order valence-corrected chi connectivity index (χ1v) is 6.41. The maximum absolute atomic E-state index is 4.74. The van der Waals surface area contributed by atoms with E-state index in [9.17, 15) is 0 Å². The number of hydrogen-bond donors (Lipinski definition) is 2. The van der Waals surface area contributed by atoms with E-state index >= 15 is 0 Å². The first-order valence-electron chi connectivity index (χ1n) is 6.41. The maximum atomic E-state index is 4.74. The average Bonchev–Trinajstić information content (AvgIpc) is 2.91. The molecule has 17 heavy (non-hydrogen) atoms. The lowest BCUT2D eigenvalue weighted by molar-refractivity contribution is 0.626. The zero-order valence-electron chi connectivity index (χ0n) is 10.3. The second-order valence-corrected chi connectivity index (χ2v) is 4.67. The third-order valence-electron chi connectivity index (χ3n) is 3.55. The summed E-state index contributed by atoms with van der Waals surface area (Å²) in [7, 11) is 1.94. The number of nitrogens with zero attached hydrogens (tertiary/aromatic N) is 3. The number of nitrogens with one attached hydrogen (secondary N) is 2. The van der Waals surface area contributed by atoms with Crippen molar-refractivity contribution in [2.24, 2.45) is 0 Å². The lowest BCUT2D eigenvalue weighted by Crippen LogP contribution is -2.28. The van der Waals surface area contributed by atoms with Crippen LogP contribution in [-0.2, 0) is 13.0 Å². The lowest BCUT2D eigenvalue weighted by atomic mass is 10.1. The second-order valence-electron chi connectivity index (χ2n) is 4.67. The van der Waals surface area contributed by atoms with Gasteiger partial charge in [0, 0.05) is 45.2 Å². The molecule has 1 aromatic rings. The van der Waals surface area contributed by atoms with E-state index in [1.807, 2.05) is 7.05 Å². The van der Waals surface area contributed by atoms with E-state index < -0.39 is 0 Å². The molecule has 0 spiro atoms. The summed E-state index contributed by atoms with van der Waals surface area (Å²) in [6.45, 7) is 4.10. The highest BCUT2D eigenvalue weighted by Crippen LogP contribution is 2.24. The Balaban J connectivity index is 1.99. The van der Waals surface area contributed by atoms with E-state index in [-0.39, 0.29) is 0 Å². The maximum Gasteiger partial charge on any atom is 0.227 e. The number of fused-ring (bicyclic) bond motifs is 1. The van der Waals surface area contributed by atoms with Crippen LogP contribution in [0, 0.1) is 0 Å². The number of anilines is 2. The van der Waals surface area contributed by atoms with Crippen molar-refractivity contribution in [1.29, 1.82) is 0 Å². The molecular formula is C12H19N5. The van der Waals surface area contributed by atoms with Crippen molar-refractivity contribution in [2.45, 2.75) is 25.8 Å². The van der Waals surface area contributed by atoms with Crippen molar-refractivity contribution in [1.82, 2.24) is 15.3 Å². The Bertz CT molecular complexity index is 394. The Morgan fingerprint density at radius 3 is 2.82 bits per heavy atom.